The molecule has 1 atom stereocenters. The van der Waals surface area contributed by atoms with Crippen LogP contribution < -0.4 is 0 Å². The molecule has 2 nitrogen and oxygen atoms in total. The van der Waals surface area contributed by atoms with Crippen LogP contribution >= 0.6 is 50.7 Å². The van der Waals surface area contributed by atoms with E-state index in [0.29, 0.717) is 22.0 Å². The molecule has 0 aliphatic carbocycles. The van der Waals surface area contributed by atoms with Crippen LogP contribution in [0.1, 0.15) is 39.9 Å². The Bertz CT molecular complexity index is 920. The summed E-state index contributed by atoms with van der Waals surface area (Å²) in [5.41, 5.74) is 0.948. The lowest BCUT2D eigenvalue weighted by molar-refractivity contribution is -0.139. The van der Waals surface area contributed by atoms with Crippen molar-refractivity contribution in [2.45, 2.75) is 25.4 Å². The number of carbonyl (C=O) groups is 1. The van der Waals surface area contributed by atoms with Gasteiger partial charge < -0.3 is 5.11 Å². The lowest BCUT2D eigenvalue weighted by Gasteiger charge is -2.19. The maximum atomic E-state index is 13.6. The number of hydrogen-bond donors (Lipinski definition) is 1. The van der Waals surface area contributed by atoms with Gasteiger partial charge in [0.2, 0.25) is 0 Å². The van der Waals surface area contributed by atoms with E-state index in [2.05, 4.69) is 15.9 Å². The molecule has 2 aromatic carbocycles. The van der Waals surface area contributed by atoms with Gasteiger partial charge in [-0.25, -0.2) is 4.79 Å². The number of benzene rings is 2. The highest BCUT2D eigenvalue weighted by Gasteiger charge is 2.39. The van der Waals surface area contributed by atoms with Crippen LogP contribution in [0.15, 0.2) is 34.8 Å². The SMILES string of the molecule is CCc1c(C=CC(c2cc(Cl)c(Cl)c(Cl)c2)C(F)(F)F)ccc(C(=O)O)c1Br. The maximum absolute atomic E-state index is 13.6. The second kappa shape index (κ2) is 9.08. The molecule has 0 radical (unpaired) electrons. The molecule has 0 amide bonds. The third-order valence-corrected chi connectivity index (χ3v) is 6.15. The van der Waals surface area contributed by atoms with E-state index in [1.807, 2.05) is 0 Å². The minimum atomic E-state index is -4.60. The topological polar surface area (TPSA) is 37.3 Å². The zero-order chi connectivity index (χ0) is 21.2. The number of hydrogen-bond acceptors (Lipinski definition) is 1. The maximum Gasteiger partial charge on any atom is 0.399 e. The van der Waals surface area contributed by atoms with E-state index >= 15 is 0 Å². The molecule has 1 N–H and O–H groups in total. The summed E-state index contributed by atoms with van der Waals surface area (Å²) in [4.78, 5) is 11.2. The molecule has 0 heterocycles. The normalized spacial score (nSPS) is 13.1. The molecule has 28 heavy (non-hydrogen) atoms. The summed E-state index contributed by atoms with van der Waals surface area (Å²) in [6.07, 6.45) is -1.88. The average molecular weight is 517 g/mol. The third kappa shape index (κ3) is 5.03. The Morgan fingerprint density at radius 3 is 2.25 bits per heavy atom. The monoisotopic (exact) mass is 514 g/mol. The molecule has 0 spiro atoms. The number of allylic oxidation sites excluding steroid dienone is 1. The molecular formula is C19H13BrCl3F3O2. The van der Waals surface area contributed by atoms with E-state index in [4.69, 9.17) is 34.8 Å². The highest BCUT2D eigenvalue weighted by atomic mass is 79.9. The van der Waals surface area contributed by atoms with Crippen LogP contribution in [0, 0.1) is 0 Å². The van der Waals surface area contributed by atoms with Crippen molar-refractivity contribution in [1.82, 2.24) is 0 Å². The van der Waals surface area contributed by atoms with Crippen LogP contribution in [0.5, 0.6) is 0 Å². The van der Waals surface area contributed by atoms with Crippen molar-refractivity contribution >= 4 is 62.8 Å². The molecule has 0 saturated heterocycles. The van der Waals surface area contributed by atoms with Crippen molar-refractivity contribution in [2.24, 2.45) is 0 Å². The molecule has 2 aromatic rings. The second-order valence-electron chi connectivity index (χ2n) is 5.83. The number of carboxylic acid groups (broad SMARTS) is 1. The van der Waals surface area contributed by atoms with Crippen molar-refractivity contribution in [3.8, 4) is 0 Å². The summed E-state index contributed by atoms with van der Waals surface area (Å²) in [5.74, 6) is -3.10. The summed E-state index contributed by atoms with van der Waals surface area (Å²) < 4.78 is 41.3. The van der Waals surface area contributed by atoms with Crippen molar-refractivity contribution in [2.75, 3.05) is 0 Å². The molecule has 0 bridgehead atoms. The number of rotatable bonds is 5. The largest absolute Gasteiger partial charge is 0.478 e. The summed E-state index contributed by atoms with van der Waals surface area (Å²) in [6, 6.07) is 5.06. The van der Waals surface area contributed by atoms with Gasteiger partial charge in [0.05, 0.1) is 26.5 Å². The standard InChI is InChI=1S/C19H13BrCl3F3O2/c1-2-11-9(3-5-12(16(11)20)18(27)28)4-6-13(19(24,25)26)10-7-14(21)17(23)15(22)8-10/h3-8,13H,2H2,1H3,(H,27,28). The molecule has 0 aromatic heterocycles. The van der Waals surface area contributed by atoms with E-state index in [1.54, 1.807) is 6.92 Å². The Hall–Kier alpha value is -1.21. The van der Waals surface area contributed by atoms with Gasteiger partial charge in [-0.1, -0.05) is 59.9 Å². The minimum Gasteiger partial charge on any atom is -0.478 e. The van der Waals surface area contributed by atoms with Crippen LogP contribution in [0.2, 0.25) is 15.1 Å². The van der Waals surface area contributed by atoms with E-state index in [1.165, 1.54) is 18.2 Å². The van der Waals surface area contributed by atoms with Crippen LogP contribution in [-0.4, -0.2) is 17.3 Å². The van der Waals surface area contributed by atoms with Crippen LogP contribution in [0.25, 0.3) is 6.08 Å². The average Bonchev–Trinajstić information content (AvgIpc) is 2.58. The highest BCUT2D eigenvalue weighted by molar-refractivity contribution is 9.10. The van der Waals surface area contributed by atoms with Crippen LogP contribution in [0.3, 0.4) is 0 Å². The highest BCUT2D eigenvalue weighted by Crippen LogP contribution is 2.41. The van der Waals surface area contributed by atoms with Crippen LogP contribution in [0.4, 0.5) is 13.2 Å². The Kier molecular flexibility index (Phi) is 7.48. The summed E-state index contributed by atoms with van der Waals surface area (Å²) in [7, 11) is 0. The number of aromatic carboxylic acids is 1. The van der Waals surface area contributed by atoms with Crippen LogP contribution in [-0.2, 0) is 6.42 Å². The quantitative estimate of drug-likeness (QED) is 0.409. The van der Waals surface area contributed by atoms with Gasteiger partial charge >= 0.3 is 12.1 Å². The van der Waals surface area contributed by atoms with E-state index in [-0.39, 0.29) is 26.2 Å². The predicted molar refractivity (Wildman–Crippen MR) is 110 cm³/mol. The number of alkyl halides is 3. The molecule has 150 valence electrons. The molecule has 2 rings (SSSR count). The van der Waals surface area contributed by atoms with Gasteiger partial charge in [-0.3, -0.25) is 0 Å². The van der Waals surface area contributed by atoms with Gasteiger partial charge in [0.15, 0.2) is 0 Å². The fourth-order valence-corrected chi connectivity index (χ4v) is 4.10. The molecule has 9 heteroatoms. The zero-order valence-electron chi connectivity index (χ0n) is 14.2. The Morgan fingerprint density at radius 1 is 1.21 bits per heavy atom. The first-order chi connectivity index (χ1) is 13.0. The van der Waals surface area contributed by atoms with Gasteiger partial charge in [0, 0.05) is 4.47 Å². The lowest BCUT2D eigenvalue weighted by Crippen LogP contribution is -2.19. The van der Waals surface area contributed by atoms with Crippen molar-refractivity contribution in [1.29, 1.82) is 0 Å². The lowest BCUT2D eigenvalue weighted by atomic mass is 9.95. The molecule has 0 aliphatic rings. The van der Waals surface area contributed by atoms with Crippen molar-refractivity contribution in [3.05, 3.63) is 72.1 Å². The summed E-state index contributed by atoms with van der Waals surface area (Å²) >= 11 is 20.8. The van der Waals surface area contributed by atoms with Gasteiger partial charge in [-0.05, 0) is 57.2 Å². The van der Waals surface area contributed by atoms with Gasteiger partial charge in [-0.15, -0.1) is 0 Å². The van der Waals surface area contributed by atoms with Gasteiger partial charge in [-0.2, -0.15) is 13.2 Å². The smallest absolute Gasteiger partial charge is 0.399 e. The minimum absolute atomic E-state index is 0.0153. The zero-order valence-corrected chi connectivity index (χ0v) is 18.1. The first kappa shape index (κ1) is 23.1. The first-order valence-electron chi connectivity index (χ1n) is 7.91. The second-order valence-corrected chi connectivity index (χ2v) is 7.82. The van der Waals surface area contributed by atoms with Gasteiger partial charge in [0.25, 0.3) is 0 Å². The van der Waals surface area contributed by atoms with Crippen molar-refractivity contribution in [3.63, 3.8) is 0 Å². The van der Waals surface area contributed by atoms with Crippen molar-refractivity contribution < 1.29 is 23.1 Å². The van der Waals surface area contributed by atoms with E-state index < -0.39 is 18.1 Å². The third-order valence-electron chi connectivity index (χ3n) is 4.05. The Morgan fingerprint density at radius 2 is 1.79 bits per heavy atom. The Balaban J connectivity index is 2.54. The summed E-state index contributed by atoms with van der Waals surface area (Å²) in [5, 5.41) is 9.03. The van der Waals surface area contributed by atoms with Gasteiger partial charge in [0.1, 0.15) is 0 Å². The molecular weight excluding hydrogens is 503 g/mol. The summed E-state index contributed by atoms with van der Waals surface area (Å²) in [6.45, 7) is 1.78. The number of halogens is 7. The first-order valence-corrected chi connectivity index (χ1v) is 9.84. The predicted octanol–water partition coefficient (Wildman–Crippen LogP) is 8.03. The molecule has 0 aliphatic heterocycles. The fourth-order valence-electron chi connectivity index (χ4n) is 2.68. The molecule has 0 fully saturated rings. The van der Waals surface area contributed by atoms with E-state index in [0.717, 1.165) is 18.2 Å². The number of carboxylic acids is 1. The molecule has 0 saturated carbocycles. The van der Waals surface area contributed by atoms with E-state index in [9.17, 15) is 23.1 Å². The fraction of sp³-hybridized carbons (Fsp3) is 0.211. The molecule has 1 unspecified atom stereocenters. The Labute approximate surface area is 183 Å².